The van der Waals surface area contributed by atoms with Crippen LogP contribution in [0.2, 0.25) is 0 Å². The molecule has 1 N–H and O–H groups in total. The van der Waals surface area contributed by atoms with Gasteiger partial charge in [0.05, 0.1) is 0 Å². The molecule has 0 spiro atoms. The topological polar surface area (TPSA) is 55.8 Å². The number of ether oxygens (including phenoxy) is 2. The van der Waals surface area contributed by atoms with Crippen molar-refractivity contribution in [2.75, 3.05) is 0 Å². The Balaban J connectivity index is 2.09. The molecule has 22 heavy (non-hydrogen) atoms. The van der Waals surface area contributed by atoms with Gasteiger partial charge in [0.2, 0.25) is 6.29 Å². The molecular formula is C18H16O4. The van der Waals surface area contributed by atoms with Crippen LogP contribution >= 0.6 is 0 Å². The van der Waals surface area contributed by atoms with Crippen molar-refractivity contribution in [2.45, 2.75) is 6.29 Å². The van der Waals surface area contributed by atoms with Gasteiger partial charge in [-0.1, -0.05) is 37.4 Å². The van der Waals surface area contributed by atoms with E-state index in [1.165, 1.54) is 6.08 Å². The average Bonchev–Trinajstić information content (AvgIpc) is 2.56. The van der Waals surface area contributed by atoms with Crippen LogP contribution in [0.5, 0.6) is 11.5 Å². The number of aliphatic hydroxyl groups excluding tert-OH is 1. The highest BCUT2D eigenvalue weighted by Crippen LogP contribution is 2.25. The number of carbonyl (C=O) groups excluding carboxylic acids is 1. The Morgan fingerprint density at radius 2 is 1.45 bits per heavy atom. The Bertz CT molecular complexity index is 656. The molecule has 1 atom stereocenters. The molecule has 0 aliphatic rings. The molecule has 2 aromatic rings. The lowest BCUT2D eigenvalue weighted by atomic mass is 10.1. The minimum absolute atomic E-state index is 0.461. The Labute approximate surface area is 128 Å². The van der Waals surface area contributed by atoms with E-state index in [1.807, 2.05) is 24.3 Å². The number of hydrogen-bond acceptors (Lipinski definition) is 4. The van der Waals surface area contributed by atoms with Crippen LogP contribution in [0.1, 0.15) is 0 Å². The van der Waals surface area contributed by atoms with Gasteiger partial charge in [0.1, 0.15) is 11.5 Å². The van der Waals surface area contributed by atoms with Gasteiger partial charge in [-0.05, 0) is 41.5 Å². The summed E-state index contributed by atoms with van der Waals surface area (Å²) in [6, 6.07) is 14.4. The van der Waals surface area contributed by atoms with Gasteiger partial charge in [-0.25, -0.2) is 4.79 Å². The van der Waals surface area contributed by atoms with Crippen molar-refractivity contribution in [2.24, 2.45) is 0 Å². The maximum atomic E-state index is 11.1. The zero-order valence-electron chi connectivity index (χ0n) is 11.9. The van der Waals surface area contributed by atoms with Crippen molar-refractivity contribution in [1.82, 2.24) is 0 Å². The van der Waals surface area contributed by atoms with Gasteiger partial charge >= 0.3 is 5.97 Å². The molecule has 4 nitrogen and oxygen atoms in total. The van der Waals surface area contributed by atoms with Crippen LogP contribution in [0.4, 0.5) is 0 Å². The molecule has 0 bridgehead atoms. The molecule has 0 saturated heterocycles. The number of rotatable bonds is 6. The third-order valence-corrected chi connectivity index (χ3v) is 2.89. The van der Waals surface area contributed by atoms with Crippen molar-refractivity contribution in [3.8, 4) is 22.6 Å². The van der Waals surface area contributed by atoms with E-state index in [1.54, 1.807) is 24.3 Å². The minimum atomic E-state index is -1.02. The number of aliphatic hydroxyl groups is 1. The zero-order chi connectivity index (χ0) is 15.9. The smallest absolute Gasteiger partial charge is 0.335 e. The van der Waals surface area contributed by atoms with Crippen LogP contribution < -0.4 is 9.47 Å². The summed E-state index contributed by atoms with van der Waals surface area (Å²) in [5.74, 6) is 0.519. The van der Waals surface area contributed by atoms with Gasteiger partial charge in [0, 0.05) is 6.08 Å². The van der Waals surface area contributed by atoms with Gasteiger partial charge in [-0.2, -0.15) is 0 Å². The first-order valence-corrected chi connectivity index (χ1v) is 6.64. The number of esters is 1. The standard InChI is InChI=1S/C18H16O4/c1-3-17(19)21-15-9-5-13(6-10-15)14-7-11-16(12-8-14)22-18(20)4-2/h3-12,17,19H,1-2H2. The number of carbonyl (C=O) groups is 1. The number of benzene rings is 2. The van der Waals surface area contributed by atoms with Gasteiger partial charge in [-0.3, -0.25) is 0 Å². The predicted molar refractivity (Wildman–Crippen MR) is 84.5 cm³/mol. The molecule has 0 amide bonds. The highest BCUT2D eigenvalue weighted by Gasteiger charge is 2.03. The molecular weight excluding hydrogens is 280 g/mol. The van der Waals surface area contributed by atoms with Gasteiger partial charge in [0.15, 0.2) is 0 Å². The first-order chi connectivity index (χ1) is 10.6. The molecule has 0 aliphatic carbocycles. The van der Waals surface area contributed by atoms with Gasteiger partial charge in [0.25, 0.3) is 0 Å². The normalized spacial score (nSPS) is 11.3. The van der Waals surface area contributed by atoms with Crippen LogP contribution in [0.15, 0.2) is 73.8 Å². The van der Waals surface area contributed by atoms with Gasteiger partial charge in [-0.15, -0.1) is 0 Å². The fourth-order valence-electron chi connectivity index (χ4n) is 1.79. The first-order valence-electron chi connectivity index (χ1n) is 6.64. The molecule has 0 radical (unpaired) electrons. The Hall–Kier alpha value is -2.85. The molecule has 1 unspecified atom stereocenters. The molecule has 0 saturated carbocycles. The van der Waals surface area contributed by atoms with Crippen molar-refractivity contribution in [3.05, 3.63) is 73.8 Å². The summed E-state index contributed by atoms with van der Waals surface area (Å²) in [6.07, 6.45) is 1.39. The van der Waals surface area contributed by atoms with E-state index < -0.39 is 12.3 Å². The van der Waals surface area contributed by atoms with Crippen LogP contribution in [0.3, 0.4) is 0 Å². The summed E-state index contributed by atoms with van der Waals surface area (Å²) in [7, 11) is 0. The third-order valence-electron chi connectivity index (χ3n) is 2.89. The molecule has 2 aromatic carbocycles. The highest BCUT2D eigenvalue weighted by atomic mass is 16.6. The summed E-state index contributed by atoms with van der Waals surface area (Å²) >= 11 is 0. The maximum absolute atomic E-state index is 11.1. The lowest BCUT2D eigenvalue weighted by Gasteiger charge is -2.10. The fraction of sp³-hybridized carbons (Fsp3) is 0.0556. The maximum Gasteiger partial charge on any atom is 0.335 e. The van der Waals surface area contributed by atoms with Crippen molar-refractivity contribution in [1.29, 1.82) is 0 Å². The second-order valence-electron chi connectivity index (χ2n) is 4.42. The van der Waals surface area contributed by atoms with E-state index in [0.717, 1.165) is 17.2 Å². The molecule has 2 rings (SSSR count). The fourth-order valence-corrected chi connectivity index (χ4v) is 1.79. The Kier molecular flexibility index (Phi) is 5.11. The zero-order valence-corrected chi connectivity index (χ0v) is 11.9. The number of hydrogen-bond donors (Lipinski definition) is 1. The van der Waals surface area contributed by atoms with Crippen LogP contribution in [-0.4, -0.2) is 17.4 Å². The van der Waals surface area contributed by atoms with Crippen LogP contribution in [0, 0.1) is 0 Å². The summed E-state index contributed by atoms with van der Waals surface area (Å²) < 4.78 is 10.2. The molecule has 0 aromatic heterocycles. The Morgan fingerprint density at radius 1 is 0.955 bits per heavy atom. The first kappa shape index (κ1) is 15.5. The summed E-state index contributed by atoms with van der Waals surface area (Å²) in [6.45, 7) is 6.79. The van der Waals surface area contributed by atoms with Crippen molar-refractivity contribution < 1.29 is 19.4 Å². The highest BCUT2D eigenvalue weighted by molar-refractivity contribution is 5.83. The second-order valence-corrected chi connectivity index (χ2v) is 4.42. The summed E-state index contributed by atoms with van der Waals surface area (Å²) in [5, 5.41) is 9.33. The van der Waals surface area contributed by atoms with Crippen LogP contribution in [0.25, 0.3) is 11.1 Å². The van der Waals surface area contributed by atoms with E-state index in [-0.39, 0.29) is 0 Å². The Morgan fingerprint density at radius 3 is 1.91 bits per heavy atom. The predicted octanol–water partition coefficient (Wildman–Crippen LogP) is 3.33. The van der Waals surface area contributed by atoms with E-state index >= 15 is 0 Å². The minimum Gasteiger partial charge on any atom is -0.461 e. The molecule has 0 fully saturated rings. The molecule has 0 heterocycles. The largest absolute Gasteiger partial charge is 0.461 e. The van der Waals surface area contributed by atoms with Crippen LogP contribution in [-0.2, 0) is 4.79 Å². The van der Waals surface area contributed by atoms with E-state index in [9.17, 15) is 9.90 Å². The average molecular weight is 296 g/mol. The van der Waals surface area contributed by atoms with Crippen molar-refractivity contribution >= 4 is 5.97 Å². The molecule has 4 heteroatoms. The molecule has 112 valence electrons. The lowest BCUT2D eigenvalue weighted by molar-refractivity contribution is -0.128. The third kappa shape index (κ3) is 4.07. The van der Waals surface area contributed by atoms with Crippen molar-refractivity contribution in [3.63, 3.8) is 0 Å². The summed E-state index contributed by atoms with van der Waals surface area (Å²) in [5.41, 5.74) is 1.94. The quantitative estimate of drug-likeness (QED) is 0.292. The van der Waals surface area contributed by atoms with Gasteiger partial charge < -0.3 is 14.6 Å². The molecule has 0 aliphatic heterocycles. The van der Waals surface area contributed by atoms with E-state index in [4.69, 9.17) is 9.47 Å². The van der Waals surface area contributed by atoms with E-state index in [0.29, 0.717) is 11.5 Å². The monoisotopic (exact) mass is 296 g/mol. The summed E-state index contributed by atoms with van der Waals surface area (Å²) in [4.78, 5) is 11.1. The SMILES string of the molecule is C=CC(=O)Oc1ccc(-c2ccc(OC(O)C=C)cc2)cc1. The van der Waals surface area contributed by atoms with E-state index in [2.05, 4.69) is 13.2 Å². The second kappa shape index (κ2) is 7.24. The lowest BCUT2D eigenvalue weighted by Crippen LogP contribution is -2.10.